The first-order chi connectivity index (χ1) is 14.7. The summed E-state index contributed by atoms with van der Waals surface area (Å²) in [6.07, 6.45) is 5.23. The van der Waals surface area contributed by atoms with Gasteiger partial charge in [0.2, 0.25) is 0 Å². The SMILES string of the molecule is COC(=O)[C@@H]1C[C@]1(CC1CCN(C(=O)OC(C)(C)C)CC1)c1cnc2ccccc2c1. The van der Waals surface area contributed by atoms with Gasteiger partial charge in [-0.15, -0.1) is 0 Å². The third-order valence-corrected chi connectivity index (χ3v) is 6.65. The van der Waals surface area contributed by atoms with E-state index in [0.717, 1.165) is 42.1 Å². The molecule has 6 nitrogen and oxygen atoms in total. The van der Waals surface area contributed by atoms with Crippen LogP contribution in [0, 0.1) is 11.8 Å². The Morgan fingerprint density at radius 1 is 1.19 bits per heavy atom. The highest BCUT2D eigenvalue weighted by molar-refractivity contribution is 5.82. The van der Waals surface area contributed by atoms with E-state index >= 15 is 0 Å². The minimum absolute atomic E-state index is 0.121. The lowest BCUT2D eigenvalue weighted by molar-refractivity contribution is -0.142. The average molecular weight is 425 g/mol. The second-order valence-corrected chi connectivity index (χ2v) is 9.97. The van der Waals surface area contributed by atoms with Crippen LogP contribution in [0.3, 0.4) is 0 Å². The van der Waals surface area contributed by atoms with Crippen LogP contribution >= 0.6 is 0 Å². The predicted molar refractivity (Wildman–Crippen MR) is 119 cm³/mol. The molecule has 4 rings (SSSR count). The van der Waals surface area contributed by atoms with E-state index in [2.05, 4.69) is 17.1 Å². The number of fused-ring (bicyclic) bond motifs is 1. The van der Waals surface area contributed by atoms with Gasteiger partial charge < -0.3 is 14.4 Å². The molecule has 2 aliphatic rings. The molecule has 2 heterocycles. The molecular formula is C25H32N2O4. The van der Waals surface area contributed by atoms with Crippen molar-refractivity contribution in [1.29, 1.82) is 0 Å². The van der Waals surface area contributed by atoms with Gasteiger partial charge in [-0.25, -0.2) is 4.79 Å². The second kappa shape index (κ2) is 8.13. The van der Waals surface area contributed by atoms with E-state index in [0.29, 0.717) is 19.0 Å². The summed E-state index contributed by atoms with van der Waals surface area (Å²) in [7, 11) is 1.46. The van der Waals surface area contributed by atoms with Crippen LogP contribution in [0.4, 0.5) is 4.79 Å². The fourth-order valence-corrected chi connectivity index (χ4v) is 4.92. The fourth-order valence-electron chi connectivity index (χ4n) is 4.92. The smallest absolute Gasteiger partial charge is 0.410 e. The van der Waals surface area contributed by atoms with E-state index in [4.69, 9.17) is 9.47 Å². The Hall–Kier alpha value is -2.63. The molecule has 0 N–H and O–H groups in total. The van der Waals surface area contributed by atoms with E-state index in [1.807, 2.05) is 45.2 Å². The van der Waals surface area contributed by atoms with E-state index in [1.54, 1.807) is 4.90 Å². The molecule has 166 valence electrons. The van der Waals surface area contributed by atoms with Gasteiger partial charge in [-0.1, -0.05) is 18.2 Å². The number of pyridine rings is 1. The van der Waals surface area contributed by atoms with Crippen LogP contribution in [-0.2, 0) is 19.7 Å². The van der Waals surface area contributed by atoms with Gasteiger partial charge >= 0.3 is 12.1 Å². The highest BCUT2D eigenvalue weighted by Crippen LogP contribution is 2.59. The van der Waals surface area contributed by atoms with E-state index in [1.165, 1.54) is 7.11 Å². The summed E-state index contributed by atoms with van der Waals surface area (Å²) in [5.74, 6) is 0.184. The Bertz CT molecular complexity index is 975. The lowest BCUT2D eigenvalue weighted by Gasteiger charge is -2.35. The summed E-state index contributed by atoms with van der Waals surface area (Å²) in [6, 6.07) is 10.2. The molecule has 31 heavy (non-hydrogen) atoms. The van der Waals surface area contributed by atoms with Crippen LogP contribution in [0.25, 0.3) is 10.9 Å². The van der Waals surface area contributed by atoms with Crippen LogP contribution < -0.4 is 0 Å². The molecule has 2 aromatic rings. The zero-order chi connectivity index (χ0) is 22.2. The molecule has 2 fully saturated rings. The molecule has 1 aromatic carbocycles. The van der Waals surface area contributed by atoms with Gasteiger partial charge in [0, 0.05) is 30.1 Å². The van der Waals surface area contributed by atoms with Gasteiger partial charge in [0.15, 0.2) is 0 Å². The number of hydrogen-bond donors (Lipinski definition) is 0. The Labute approximate surface area is 183 Å². The van der Waals surface area contributed by atoms with Crippen molar-refractivity contribution in [3.8, 4) is 0 Å². The Kier molecular flexibility index (Phi) is 5.67. The molecule has 0 radical (unpaired) electrons. The highest BCUT2D eigenvalue weighted by atomic mass is 16.6. The average Bonchev–Trinajstić information content (AvgIpc) is 3.47. The number of hydrogen-bond acceptors (Lipinski definition) is 5. The van der Waals surface area contributed by atoms with Crippen LogP contribution in [-0.4, -0.2) is 47.7 Å². The molecule has 0 unspecified atom stereocenters. The van der Waals surface area contributed by atoms with Crippen molar-refractivity contribution in [3.63, 3.8) is 0 Å². The number of benzene rings is 1. The van der Waals surface area contributed by atoms with Crippen molar-refractivity contribution in [3.05, 3.63) is 42.1 Å². The van der Waals surface area contributed by atoms with Crippen molar-refractivity contribution in [2.75, 3.05) is 20.2 Å². The maximum Gasteiger partial charge on any atom is 0.410 e. The Morgan fingerprint density at radius 3 is 2.58 bits per heavy atom. The Balaban J connectivity index is 1.48. The van der Waals surface area contributed by atoms with E-state index in [-0.39, 0.29) is 23.4 Å². The lowest BCUT2D eigenvalue weighted by Crippen LogP contribution is -2.42. The number of ether oxygens (including phenoxy) is 2. The van der Waals surface area contributed by atoms with Crippen molar-refractivity contribution in [2.24, 2.45) is 11.8 Å². The van der Waals surface area contributed by atoms with Crippen molar-refractivity contribution in [2.45, 2.75) is 57.5 Å². The molecule has 6 heteroatoms. The van der Waals surface area contributed by atoms with Gasteiger partial charge in [0.1, 0.15) is 5.60 Å². The van der Waals surface area contributed by atoms with Crippen LogP contribution in [0.1, 0.15) is 52.0 Å². The fraction of sp³-hybridized carbons (Fsp3) is 0.560. The number of amides is 1. The third-order valence-electron chi connectivity index (χ3n) is 6.65. The van der Waals surface area contributed by atoms with Gasteiger partial charge in [-0.3, -0.25) is 9.78 Å². The standard InChI is InChI=1S/C25H32N2O4/c1-24(2,3)31-23(29)27-11-9-17(10-12-27)14-25(15-20(25)22(28)30-4)19-13-18-7-5-6-8-21(18)26-16-19/h5-8,13,16-17,20H,9-12,14-15H2,1-4H3/t20-,25+/m0/s1. The first-order valence-electron chi connectivity index (χ1n) is 11.1. The highest BCUT2D eigenvalue weighted by Gasteiger charge is 2.60. The number of nitrogens with zero attached hydrogens (tertiary/aromatic N) is 2. The van der Waals surface area contributed by atoms with Gasteiger partial charge in [0.05, 0.1) is 18.5 Å². The van der Waals surface area contributed by atoms with Crippen molar-refractivity contribution >= 4 is 23.0 Å². The molecule has 1 saturated heterocycles. The molecule has 2 atom stereocenters. The summed E-state index contributed by atoms with van der Waals surface area (Å²) >= 11 is 0. The maximum atomic E-state index is 12.4. The summed E-state index contributed by atoms with van der Waals surface area (Å²) in [6.45, 7) is 7.04. The Morgan fingerprint density at radius 2 is 1.90 bits per heavy atom. The number of para-hydroxylation sites is 1. The summed E-state index contributed by atoms with van der Waals surface area (Å²) in [4.78, 5) is 31.3. The zero-order valence-corrected chi connectivity index (χ0v) is 18.9. The molecule has 1 aliphatic heterocycles. The van der Waals surface area contributed by atoms with Crippen LogP contribution in [0.5, 0.6) is 0 Å². The molecule has 0 spiro atoms. The largest absolute Gasteiger partial charge is 0.469 e. The summed E-state index contributed by atoms with van der Waals surface area (Å²) in [5.41, 5.74) is 1.38. The number of carbonyl (C=O) groups is 2. The first kappa shape index (κ1) is 21.6. The van der Waals surface area contributed by atoms with Gasteiger partial charge in [0.25, 0.3) is 0 Å². The van der Waals surface area contributed by atoms with Crippen molar-refractivity contribution in [1.82, 2.24) is 9.88 Å². The van der Waals surface area contributed by atoms with Crippen molar-refractivity contribution < 1.29 is 19.1 Å². The minimum Gasteiger partial charge on any atom is -0.469 e. The predicted octanol–water partition coefficient (Wildman–Crippen LogP) is 4.70. The van der Waals surface area contributed by atoms with E-state index in [9.17, 15) is 9.59 Å². The monoisotopic (exact) mass is 424 g/mol. The summed E-state index contributed by atoms with van der Waals surface area (Å²) < 4.78 is 10.6. The molecule has 1 saturated carbocycles. The molecule has 1 aliphatic carbocycles. The number of piperidine rings is 1. The number of methoxy groups -OCH3 is 1. The maximum absolute atomic E-state index is 12.4. The first-order valence-corrected chi connectivity index (χ1v) is 11.1. The van der Waals surface area contributed by atoms with Crippen LogP contribution in [0.15, 0.2) is 36.5 Å². The topological polar surface area (TPSA) is 68.7 Å². The second-order valence-electron chi connectivity index (χ2n) is 9.97. The molecular weight excluding hydrogens is 392 g/mol. The molecule has 1 amide bonds. The number of likely N-dealkylation sites (tertiary alicyclic amines) is 1. The number of esters is 1. The third kappa shape index (κ3) is 4.53. The quantitative estimate of drug-likeness (QED) is 0.665. The molecule has 1 aromatic heterocycles. The normalized spacial score (nSPS) is 24.1. The van der Waals surface area contributed by atoms with Crippen LogP contribution in [0.2, 0.25) is 0 Å². The number of carbonyl (C=O) groups excluding carboxylic acids is 2. The van der Waals surface area contributed by atoms with Gasteiger partial charge in [-0.05, 0) is 70.1 Å². The minimum atomic E-state index is -0.483. The van der Waals surface area contributed by atoms with Gasteiger partial charge in [-0.2, -0.15) is 0 Å². The number of aromatic nitrogens is 1. The zero-order valence-electron chi connectivity index (χ0n) is 18.9. The lowest BCUT2D eigenvalue weighted by atomic mass is 9.80. The van der Waals surface area contributed by atoms with E-state index < -0.39 is 5.60 Å². The molecule has 0 bridgehead atoms. The number of rotatable bonds is 4. The summed E-state index contributed by atoms with van der Waals surface area (Å²) in [5, 5.41) is 1.09.